The highest BCUT2D eigenvalue weighted by Gasteiger charge is 2.17. The van der Waals surface area contributed by atoms with E-state index in [9.17, 15) is 0 Å². The molecule has 170 valence electrons. The summed E-state index contributed by atoms with van der Waals surface area (Å²) in [5, 5.41) is 7.52. The molecule has 3 heterocycles. The Morgan fingerprint density at radius 1 is 1.09 bits per heavy atom. The molecule has 0 spiro atoms. The van der Waals surface area contributed by atoms with Gasteiger partial charge in [-0.25, -0.2) is 4.98 Å². The number of anilines is 3. The molecule has 4 rings (SSSR count). The van der Waals surface area contributed by atoms with Crippen molar-refractivity contribution in [2.75, 3.05) is 64.7 Å². The molecular weight excluding hydrogens is 414 g/mol. The number of nitrogens with one attached hydrogen (secondary N) is 1. The SMILES string of the molecule is COc1cc(OCCN2CCOCC2)c(OC)cc1Nc1nc(N)n(-c2ccccn2)n1. The van der Waals surface area contributed by atoms with Crippen LogP contribution in [-0.2, 0) is 4.74 Å². The second-order valence-corrected chi connectivity index (χ2v) is 7.02. The molecule has 0 aliphatic carbocycles. The van der Waals surface area contributed by atoms with Crippen LogP contribution in [0.25, 0.3) is 5.82 Å². The summed E-state index contributed by atoms with van der Waals surface area (Å²) >= 11 is 0. The molecule has 1 aliphatic heterocycles. The number of rotatable bonds is 9. The van der Waals surface area contributed by atoms with Crippen molar-refractivity contribution in [3.63, 3.8) is 0 Å². The minimum absolute atomic E-state index is 0.209. The number of benzene rings is 1. The Morgan fingerprint density at radius 2 is 1.91 bits per heavy atom. The molecule has 0 unspecified atom stereocenters. The fraction of sp³-hybridized carbons (Fsp3) is 0.381. The van der Waals surface area contributed by atoms with Crippen molar-refractivity contribution >= 4 is 17.6 Å². The zero-order valence-corrected chi connectivity index (χ0v) is 18.2. The van der Waals surface area contributed by atoms with E-state index in [1.165, 1.54) is 4.68 Å². The van der Waals surface area contributed by atoms with Crippen molar-refractivity contribution in [2.24, 2.45) is 0 Å². The fourth-order valence-electron chi connectivity index (χ4n) is 3.33. The summed E-state index contributed by atoms with van der Waals surface area (Å²) in [6.45, 7) is 4.67. The van der Waals surface area contributed by atoms with Crippen molar-refractivity contribution < 1.29 is 18.9 Å². The van der Waals surface area contributed by atoms with Crippen LogP contribution < -0.4 is 25.3 Å². The summed E-state index contributed by atoms with van der Waals surface area (Å²) in [4.78, 5) is 10.8. The van der Waals surface area contributed by atoms with E-state index in [0.717, 1.165) is 32.8 Å². The predicted molar refractivity (Wildman–Crippen MR) is 119 cm³/mol. The Labute approximate surface area is 186 Å². The van der Waals surface area contributed by atoms with E-state index in [0.29, 0.717) is 41.3 Å². The second-order valence-electron chi connectivity index (χ2n) is 7.02. The van der Waals surface area contributed by atoms with Crippen LogP contribution in [-0.4, -0.2) is 78.3 Å². The maximum atomic E-state index is 6.02. The van der Waals surface area contributed by atoms with E-state index in [2.05, 4.69) is 25.3 Å². The topological polar surface area (TPSA) is 122 Å². The van der Waals surface area contributed by atoms with Gasteiger partial charge in [0.2, 0.25) is 11.9 Å². The number of pyridine rings is 1. The summed E-state index contributed by atoms with van der Waals surface area (Å²) < 4.78 is 23.9. The molecule has 1 aromatic carbocycles. The molecule has 0 amide bonds. The van der Waals surface area contributed by atoms with E-state index < -0.39 is 0 Å². The summed E-state index contributed by atoms with van der Waals surface area (Å²) in [5.74, 6) is 2.79. The van der Waals surface area contributed by atoms with Gasteiger partial charge in [0.25, 0.3) is 0 Å². The van der Waals surface area contributed by atoms with E-state index in [1.807, 2.05) is 12.1 Å². The Hall–Kier alpha value is -3.57. The van der Waals surface area contributed by atoms with E-state index in [-0.39, 0.29) is 5.95 Å². The summed E-state index contributed by atoms with van der Waals surface area (Å²) in [7, 11) is 3.17. The quantitative estimate of drug-likeness (QED) is 0.507. The molecule has 0 bridgehead atoms. The largest absolute Gasteiger partial charge is 0.494 e. The number of nitrogen functional groups attached to an aromatic ring is 1. The molecule has 11 heteroatoms. The molecule has 1 aliphatic rings. The molecule has 2 aromatic heterocycles. The Bertz CT molecular complexity index is 1020. The van der Waals surface area contributed by atoms with Gasteiger partial charge in [-0.2, -0.15) is 9.67 Å². The molecule has 1 saturated heterocycles. The normalized spacial score (nSPS) is 14.2. The zero-order chi connectivity index (χ0) is 22.3. The smallest absolute Gasteiger partial charge is 0.249 e. The lowest BCUT2D eigenvalue weighted by atomic mass is 10.2. The number of nitrogens with two attached hydrogens (primary N) is 1. The first kappa shape index (κ1) is 21.7. The van der Waals surface area contributed by atoms with Gasteiger partial charge in [-0.05, 0) is 12.1 Å². The number of hydrogen-bond donors (Lipinski definition) is 2. The highest BCUT2D eigenvalue weighted by molar-refractivity contribution is 5.68. The van der Waals surface area contributed by atoms with E-state index >= 15 is 0 Å². The Kier molecular flexibility index (Phi) is 6.87. The van der Waals surface area contributed by atoms with Crippen LogP contribution in [0.5, 0.6) is 17.2 Å². The Balaban J connectivity index is 1.49. The fourth-order valence-corrected chi connectivity index (χ4v) is 3.33. The monoisotopic (exact) mass is 441 g/mol. The van der Waals surface area contributed by atoms with E-state index in [4.69, 9.17) is 24.7 Å². The van der Waals surface area contributed by atoms with Crippen LogP contribution in [0.3, 0.4) is 0 Å². The number of ether oxygens (including phenoxy) is 4. The predicted octanol–water partition coefficient (Wildman–Crippen LogP) is 1.72. The van der Waals surface area contributed by atoms with Gasteiger partial charge in [-0.3, -0.25) is 4.90 Å². The van der Waals surface area contributed by atoms with Crippen LogP contribution in [0.2, 0.25) is 0 Å². The second kappa shape index (κ2) is 10.2. The lowest BCUT2D eigenvalue weighted by Crippen LogP contribution is -2.38. The first-order chi connectivity index (χ1) is 15.7. The maximum Gasteiger partial charge on any atom is 0.249 e. The van der Waals surface area contributed by atoms with Crippen molar-refractivity contribution in [3.05, 3.63) is 36.5 Å². The minimum atomic E-state index is 0.209. The number of methoxy groups -OCH3 is 2. The number of nitrogens with zero attached hydrogens (tertiary/aromatic N) is 5. The first-order valence-corrected chi connectivity index (χ1v) is 10.3. The molecule has 3 N–H and O–H groups in total. The number of morpholine rings is 1. The van der Waals surface area contributed by atoms with Crippen molar-refractivity contribution in [1.82, 2.24) is 24.6 Å². The van der Waals surface area contributed by atoms with Crippen molar-refractivity contribution in [2.45, 2.75) is 0 Å². The average molecular weight is 441 g/mol. The maximum absolute atomic E-state index is 6.02. The third-order valence-electron chi connectivity index (χ3n) is 5.00. The van der Waals surface area contributed by atoms with Gasteiger partial charge in [0, 0.05) is 38.0 Å². The first-order valence-electron chi connectivity index (χ1n) is 10.3. The summed E-state index contributed by atoms with van der Waals surface area (Å²) in [6, 6.07) is 9.02. The van der Waals surface area contributed by atoms with Crippen molar-refractivity contribution in [3.8, 4) is 23.1 Å². The van der Waals surface area contributed by atoms with Gasteiger partial charge in [0.15, 0.2) is 17.3 Å². The third kappa shape index (κ3) is 5.01. The molecule has 11 nitrogen and oxygen atoms in total. The van der Waals surface area contributed by atoms with Crippen LogP contribution >= 0.6 is 0 Å². The minimum Gasteiger partial charge on any atom is -0.494 e. The summed E-state index contributed by atoms with van der Waals surface area (Å²) in [5.41, 5.74) is 6.63. The zero-order valence-electron chi connectivity index (χ0n) is 18.2. The number of aromatic nitrogens is 4. The molecule has 0 atom stereocenters. The summed E-state index contributed by atoms with van der Waals surface area (Å²) in [6.07, 6.45) is 1.66. The molecule has 32 heavy (non-hydrogen) atoms. The lowest BCUT2D eigenvalue weighted by Gasteiger charge is -2.26. The number of hydrogen-bond acceptors (Lipinski definition) is 10. The van der Waals surface area contributed by atoms with Crippen LogP contribution in [0.15, 0.2) is 36.5 Å². The average Bonchev–Trinajstić information content (AvgIpc) is 3.20. The standard InChI is InChI=1S/C21H27N7O4/c1-29-16-14-18(32-12-9-27-7-10-31-11-8-27)17(30-2)13-15(16)24-21-25-20(22)28(26-21)19-5-3-4-6-23-19/h3-6,13-14H,7-12H2,1-2H3,(H3,22,24,25,26). The van der Waals surface area contributed by atoms with Crippen LogP contribution in [0, 0.1) is 0 Å². The van der Waals surface area contributed by atoms with E-state index in [1.54, 1.807) is 38.6 Å². The highest BCUT2D eigenvalue weighted by Crippen LogP contribution is 2.39. The van der Waals surface area contributed by atoms with Gasteiger partial charge in [0.1, 0.15) is 12.4 Å². The molecule has 1 fully saturated rings. The van der Waals surface area contributed by atoms with Gasteiger partial charge in [-0.1, -0.05) is 6.07 Å². The van der Waals surface area contributed by atoms with Crippen LogP contribution in [0.4, 0.5) is 17.6 Å². The van der Waals surface area contributed by atoms with Gasteiger partial charge in [-0.15, -0.1) is 5.10 Å². The Morgan fingerprint density at radius 3 is 2.62 bits per heavy atom. The highest BCUT2D eigenvalue weighted by atomic mass is 16.5. The van der Waals surface area contributed by atoms with Crippen molar-refractivity contribution in [1.29, 1.82) is 0 Å². The molecular formula is C21H27N7O4. The molecule has 3 aromatic rings. The van der Waals surface area contributed by atoms with Crippen LogP contribution in [0.1, 0.15) is 0 Å². The molecule has 0 radical (unpaired) electrons. The van der Waals surface area contributed by atoms with Gasteiger partial charge in [0.05, 0.1) is 33.1 Å². The third-order valence-corrected chi connectivity index (χ3v) is 5.00. The lowest BCUT2D eigenvalue weighted by molar-refractivity contribution is 0.0321. The van der Waals surface area contributed by atoms with Gasteiger partial charge < -0.3 is 30.0 Å². The molecule has 0 saturated carbocycles. The van der Waals surface area contributed by atoms with Gasteiger partial charge >= 0.3 is 0 Å².